The normalized spacial score (nSPS) is 20.4. The van der Waals surface area contributed by atoms with Crippen molar-refractivity contribution in [1.29, 1.82) is 0 Å². The van der Waals surface area contributed by atoms with E-state index in [1.54, 1.807) is 15.8 Å². The first-order chi connectivity index (χ1) is 11.4. The molecule has 1 N–H and O–H groups in total. The SMILES string of the molecule is Cc1c(C(=O)N2C[C@@H](C)[C@H](C(=O)O)C2)cnn1-c1ccc(Br)cc1. The van der Waals surface area contributed by atoms with Gasteiger partial charge < -0.3 is 10.0 Å². The van der Waals surface area contributed by atoms with Crippen molar-refractivity contribution in [1.82, 2.24) is 14.7 Å². The first-order valence-corrected chi connectivity index (χ1v) is 8.50. The van der Waals surface area contributed by atoms with Crippen molar-refractivity contribution < 1.29 is 14.7 Å². The zero-order valence-electron chi connectivity index (χ0n) is 13.4. The van der Waals surface area contributed by atoms with E-state index in [0.29, 0.717) is 12.1 Å². The number of halogens is 1. The Morgan fingerprint density at radius 1 is 1.25 bits per heavy atom. The van der Waals surface area contributed by atoms with Crippen LogP contribution < -0.4 is 0 Å². The minimum atomic E-state index is -0.847. The molecule has 1 aliphatic heterocycles. The molecule has 1 amide bonds. The Kier molecular flexibility index (Phi) is 4.45. The van der Waals surface area contributed by atoms with E-state index in [2.05, 4.69) is 21.0 Å². The Bertz CT molecular complexity index is 785. The van der Waals surface area contributed by atoms with Crippen LogP contribution in [0.4, 0.5) is 0 Å². The maximum absolute atomic E-state index is 12.8. The molecule has 0 spiro atoms. The first-order valence-electron chi connectivity index (χ1n) is 7.71. The summed E-state index contributed by atoms with van der Waals surface area (Å²) in [5, 5.41) is 13.5. The van der Waals surface area contributed by atoms with Crippen molar-refractivity contribution in [2.24, 2.45) is 11.8 Å². The highest BCUT2D eigenvalue weighted by molar-refractivity contribution is 9.10. The largest absolute Gasteiger partial charge is 0.481 e. The number of nitrogens with zero attached hydrogens (tertiary/aromatic N) is 3. The molecule has 1 fully saturated rings. The predicted molar refractivity (Wildman–Crippen MR) is 92.2 cm³/mol. The first kappa shape index (κ1) is 16.7. The molecule has 2 heterocycles. The van der Waals surface area contributed by atoms with Crippen molar-refractivity contribution >= 4 is 27.8 Å². The third-order valence-corrected chi connectivity index (χ3v) is 5.06. The fourth-order valence-corrected chi connectivity index (χ4v) is 3.35. The van der Waals surface area contributed by atoms with Gasteiger partial charge in [-0.3, -0.25) is 9.59 Å². The van der Waals surface area contributed by atoms with Gasteiger partial charge in [0.1, 0.15) is 0 Å². The van der Waals surface area contributed by atoms with Gasteiger partial charge in [-0.25, -0.2) is 4.68 Å². The molecule has 1 saturated heterocycles. The van der Waals surface area contributed by atoms with Crippen molar-refractivity contribution in [2.75, 3.05) is 13.1 Å². The number of benzene rings is 1. The van der Waals surface area contributed by atoms with Gasteiger partial charge in [0.25, 0.3) is 5.91 Å². The van der Waals surface area contributed by atoms with Gasteiger partial charge in [-0.1, -0.05) is 22.9 Å². The van der Waals surface area contributed by atoms with Crippen LogP contribution in [0.25, 0.3) is 5.69 Å². The average Bonchev–Trinajstić information content (AvgIpc) is 3.11. The molecule has 1 aliphatic rings. The van der Waals surface area contributed by atoms with Gasteiger partial charge in [0, 0.05) is 17.6 Å². The van der Waals surface area contributed by atoms with E-state index in [9.17, 15) is 14.7 Å². The number of aliphatic carboxylic acids is 1. The Morgan fingerprint density at radius 2 is 1.92 bits per heavy atom. The van der Waals surface area contributed by atoms with Crippen LogP contribution in [0.3, 0.4) is 0 Å². The number of likely N-dealkylation sites (tertiary alicyclic amines) is 1. The van der Waals surface area contributed by atoms with Crippen molar-refractivity contribution in [3.05, 3.63) is 46.2 Å². The van der Waals surface area contributed by atoms with Crippen LogP contribution in [-0.2, 0) is 4.79 Å². The molecule has 2 atom stereocenters. The molecular formula is C17H18BrN3O3. The summed E-state index contributed by atoms with van der Waals surface area (Å²) in [4.78, 5) is 25.6. The van der Waals surface area contributed by atoms with Gasteiger partial charge in [-0.05, 0) is 37.1 Å². The lowest BCUT2D eigenvalue weighted by Crippen LogP contribution is -2.30. The molecule has 126 valence electrons. The van der Waals surface area contributed by atoms with Gasteiger partial charge in [0.15, 0.2) is 0 Å². The lowest BCUT2D eigenvalue weighted by molar-refractivity contribution is -0.142. The number of carbonyl (C=O) groups is 2. The third-order valence-electron chi connectivity index (χ3n) is 4.53. The number of amides is 1. The van der Waals surface area contributed by atoms with Crippen LogP contribution in [-0.4, -0.2) is 44.8 Å². The highest BCUT2D eigenvalue weighted by Gasteiger charge is 2.37. The highest BCUT2D eigenvalue weighted by atomic mass is 79.9. The second-order valence-corrected chi connectivity index (χ2v) is 7.08. The standard InChI is InChI=1S/C17H18BrN3O3/c1-10-8-20(9-15(10)17(23)24)16(22)14-7-19-21(11(14)2)13-5-3-12(18)4-6-13/h3-7,10,15H,8-9H2,1-2H3,(H,23,24)/t10-,15-/m1/s1. The van der Waals surface area contributed by atoms with Crippen LogP contribution in [0.2, 0.25) is 0 Å². The van der Waals surface area contributed by atoms with Crippen molar-refractivity contribution in [2.45, 2.75) is 13.8 Å². The van der Waals surface area contributed by atoms with Gasteiger partial charge in [-0.2, -0.15) is 5.10 Å². The van der Waals surface area contributed by atoms with E-state index in [1.165, 1.54) is 0 Å². The van der Waals surface area contributed by atoms with E-state index < -0.39 is 11.9 Å². The lowest BCUT2D eigenvalue weighted by Gasteiger charge is -2.15. The molecule has 0 aliphatic carbocycles. The van der Waals surface area contributed by atoms with Crippen LogP contribution in [0.1, 0.15) is 23.0 Å². The number of carboxylic acid groups (broad SMARTS) is 1. The number of carbonyl (C=O) groups excluding carboxylic acids is 1. The zero-order valence-corrected chi connectivity index (χ0v) is 15.0. The summed E-state index contributed by atoms with van der Waals surface area (Å²) in [5.41, 5.74) is 2.12. The Balaban J connectivity index is 1.85. The molecular weight excluding hydrogens is 374 g/mol. The summed E-state index contributed by atoms with van der Waals surface area (Å²) in [6.45, 7) is 4.41. The second-order valence-electron chi connectivity index (χ2n) is 6.16. The van der Waals surface area contributed by atoms with Crippen LogP contribution in [0.5, 0.6) is 0 Å². The minimum absolute atomic E-state index is 0.0479. The Labute approximate surface area is 148 Å². The van der Waals surface area contributed by atoms with Gasteiger partial charge >= 0.3 is 5.97 Å². The van der Waals surface area contributed by atoms with E-state index in [0.717, 1.165) is 15.9 Å². The number of hydrogen-bond acceptors (Lipinski definition) is 3. The number of rotatable bonds is 3. The summed E-state index contributed by atoms with van der Waals surface area (Å²) in [7, 11) is 0. The van der Waals surface area contributed by atoms with Crippen LogP contribution >= 0.6 is 15.9 Å². The minimum Gasteiger partial charge on any atom is -0.481 e. The highest BCUT2D eigenvalue weighted by Crippen LogP contribution is 2.26. The molecule has 6 nitrogen and oxygen atoms in total. The molecule has 7 heteroatoms. The molecule has 1 aromatic heterocycles. The molecule has 2 aromatic rings. The van der Waals surface area contributed by atoms with Gasteiger partial charge in [0.05, 0.1) is 29.1 Å². The molecule has 0 bridgehead atoms. The quantitative estimate of drug-likeness (QED) is 0.872. The van der Waals surface area contributed by atoms with E-state index in [4.69, 9.17) is 0 Å². The maximum Gasteiger partial charge on any atom is 0.308 e. The summed E-state index contributed by atoms with van der Waals surface area (Å²) < 4.78 is 2.69. The number of aromatic nitrogens is 2. The predicted octanol–water partition coefficient (Wildman–Crippen LogP) is 2.74. The number of carboxylic acids is 1. The molecule has 0 unspecified atom stereocenters. The topological polar surface area (TPSA) is 75.4 Å². The molecule has 0 radical (unpaired) electrons. The second kappa shape index (κ2) is 6.39. The fourth-order valence-electron chi connectivity index (χ4n) is 3.09. The van der Waals surface area contributed by atoms with Gasteiger partial charge in [0.2, 0.25) is 0 Å². The average molecular weight is 392 g/mol. The van der Waals surface area contributed by atoms with Gasteiger partial charge in [-0.15, -0.1) is 0 Å². The summed E-state index contributed by atoms with van der Waals surface area (Å²) in [5.74, 6) is -1.56. The van der Waals surface area contributed by atoms with Crippen LogP contribution in [0, 0.1) is 18.8 Å². The molecule has 3 rings (SSSR count). The monoisotopic (exact) mass is 391 g/mol. The molecule has 1 aromatic carbocycles. The smallest absolute Gasteiger partial charge is 0.308 e. The summed E-state index contributed by atoms with van der Waals surface area (Å²) in [6.07, 6.45) is 1.55. The fraction of sp³-hybridized carbons (Fsp3) is 0.353. The Morgan fingerprint density at radius 3 is 2.50 bits per heavy atom. The maximum atomic E-state index is 12.8. The van der Waals surface area contributed by atoms with Crippen molar-refractivity contribution in [3.63, 3.8) is 0 Å². The van der Waals surface area contributed by atoms with Crippen LogP contribution in [0.15, 0.2) is 34.9 Å². The van der Waals surface area contributed by atoms with E-state index >= 15 is 0 Å². The lowest BCUT2D eigenvalue weighted by atomic mass is 9.99. The van der Waals surface area contributed by atoms with Crippen molar-refractivity contribution in [3.8, 4) is 5.69 Å². The molecule has 24 heavy (non-hydrogen) atoms. The van der Waals surface area contributed by atoms with E-state index in [-0.39, 0.29) is 18.4 Å². The third kappa shape index (κ3) is 2.96. The summed E-state index contributed by atoms with van der Waals surface area (Å²) in [6, 6.07) is 7.66. The zero-order chi connectivity index (χ0) is 17.4. The number of hydrogen-bond donors (Lipinski definition) is 1. The Hall–Kier alpha value is -2.15. The summed E-state index contributed by atoms with van der Waals surface area (Å²) >= 11 is 3.39. The molecule has 0 saturated carbocycles. The van der Waals surface area contributed by atoms with E-state index in [1.807, 2.05) is 38.1 Å².